The molecular weight excluding hydrogens is 160 g/mol. The van der Waals surface area contributed by atoms with Crippen molar-refractivity contribution in [3.05, 3.63) is 12.7 Å². The van der Waals surface area contributed by atoms with Crippen molar-refractivity contribution in [1.82, 2.24) is 0 Å². The van der Waals surface area contributed by atoms with Crippen molar-refractivity contribution >= 4 is 12.4 Å². The number of hydrogen-bond acceptors (Lipinski definition) is 3. The van der Waals surface area contributed by atoms with Crippen LogP contribution in [0, 0.1) is 0 Å². The Morgan fingerprint density at radius 2 is 1.83 bits per heavy atom. The van der Waals surface area contributed by atoms with E-state index < -0.39 is 5.60 Å². The van der Waals surface area contributed by atoms with E-state index in [1.54, 1.807) is 0 Å². The molecule has 0 aromatic carbocycles. The highest BCUT2D eigenvalue weighted by Crippen LogP contribution is 2.06. The lowest BCUT2D eigenvalue weighted by Crippen LogP contribution is -2.22. The topological polar surface area (TPSA) is 63.6 Å². The van der Waals surface area contributed by atoms with Crippen LogP contribution >= 0.6 is 0 Å². The van der Waals surface area contributed by atoms with Gasteiger partial charge in [-0.1, -0.05) is 6.58 Å². The summed E-state index contributed by atoms with van der Waals surface area (Å²) >= 11 is 0. The first-order chi connectivity index (χ1) is 5.37. The molecule has 1 N–H and O–H groups in total. The van der Waals surface area contributed by atoms with Crippen LogP contribution in [-0.2, 0) is 14.3 Å². The SMILES string of the molecule is C=CC(=O)OC(C)(C)C.O=CO. The first-order valence-corrected chi connectivity index (χ1v) is 3.30. The summed E-state index contributed by atoms with van der Waals surface area (Å²) in [5.74, 6) is -0.373. The van der Waals surface area contributed by atoms with Gasteiger partial charge in [-0.2, -0.15) is 0 Å². The minimum atomic E-state index is -0.398. The van der Waals surface area contributed by atoms with E-state index in [1.165, 1.54) is 0 Å². The molecule has 70 valence electrons. The van der Waals surface area contributed by atoms with Gasteiger partial charge in [-0.25, -0.2) is 4.79 Å². The number of hydrogen-bond donors (Lipinski definition) is 1. The highest BCUT2D eigenvalue weighted by molar-refractivity contribution is 5.81. The molecular formula is C8H14O4. The Balaban J connectivity index is 0. The van der Waals surface area contributed by atoms with Crippen molar-refractivity contribution in [3.63, 3.8) is 0 Å². The molecule has 0 saturated heterocycles. The Hall–Kier alpha value is -1.32. The summed E-state index contributed by atoms with van der Waals surface area (Å²) < 4.78 is 4.83. The van der Waals surface area contributed by atoms with Crippen LogP contribution in [0.3, 0.4) is 0 Å². The molecule has 0 saturated carbocycles. The summed E-state index contributed by atoms with van der Waals surface area (Å²) in [5, 5.41) is 6.89. The molecule has 0 aliphatic rings. The Kier molecular flexibility index (Phi) is 7.08. The van der Waals surface area contributed by atoms with Crippen LogP contribution < -0.4 is 0 Å². The Morgan fingerprint density at radius 1 is 1.50 bits per heavy atom. The van der Waals surface area contributed by atoms with Gasteiger partial charge < -0.3 is 9.84 Å². The largest absolute Gasteiger partial charge is 0.483 e. The summed E-state index contributed by atoms with van der Waals surface area (Å²) in [7, 11) is 0. The molecule has 0 spiro atoms. The first-order valence-electron chi connectivity index (χ1n) is 3.30. The summed E-state index contributed by atoms with van der Waals surface area (Å²) in [6.45, 7) is 8.46. The summed E-state index contributed by atoms with van der Waals surface area (Å²) in [4.78, 5) is 18.8. The Bertz CT molecular complexity index is 155. The Morgan fingerprint density at radius 3 is 1.92 bits per heavy atom. The van der Waals surface area contributed by atoms with E-state index in [1.807, 2.05) is 20.8 Å². The third kappa shape index (κ3) is 15.9. The molecule has 0 atom stereocenters. The van der Waals surface area contributed by atoms with Gasteiger partial charge in [0.2, 0.25) is 0 Å². The third-order valence-corrected chi connectivity index (χ3v) is 0.573. The number of carbonyl (C=O) groups is 2. The van der Waals surface area contributed by atoms with Gasteiger partial charge in [0.25, 0.3) is 6.47 Å². The molecule has 0 rings (SSSR count). The smallest absolute Gasteiger partial charge is 0.330 e. The van der Waals surface area contributed by atoms with Gasteiger partial charge in [0.1, 0.15) is 5.60 Å². The van der Waals surface area contributed by atoms with Gasteiger partial charge in [0.05, 0.1) is 0 Å². The van der Waals surface area contributed by atoms with E-state index in [2.05, 4.69) is 6.58 Å². The zero-order valence-electron chi connectivity index (χ0n) is 7.53. The van der Waals surface area contributed by atoms with Crippen molar-refractivity contribution in [2.45, 2.75) is 26.4 Å². The van der Waals surface area contributed by atoms with Crippen LogP contribution in [0.1, 0.15) is 20.8 Å². The number of rotatable bonds is 1. The van der Waals surface area contributed by atoms with E-state index in [9.17, 15) is 4.79 Å². The van der Waals surface area contributed by atoms with Crippen molar-refractivity contribution < 1.29 is 19.4 Å². The van der Waals surface area contributed by atoms with Crippen molar-refractivity contribution in [3.8, 4) is 0 Å². The predicted octanol–water partition coefficient (Wildman–Crippen LogP) is 1.21. The zero-order valence-corrected chi connectivity index (χ0v) is 7.53. The predicted molar refractivity (Wildman–Crippen MR) is 44.7 cm³/mol. The van der Waals surface area contributed by atoms with Crippen LogP contribution in [0.5, 0.6) is 0 Å². The summed E-state index contributed by atoms with van der Waals surface area (Å²) in [6.07, 6.45) is 1.16. The van der Waals surface area contributed by atoms with Crippen molar-refractivity contribution in [2.24, 2.45) is 0 Å². The fourth-order valence-electron chi connectivity index (χ4n) is 0.343. The standard InChI is InChI=1S/C7H12O2.CH2O2/c1-5-6(8)9-7(2,3)4;2-1-3/h5H,1H2,2-4H3;1H,(H,2,3). The number of carboxylic acid groups (broad SMARTS) is 1. The van der Waals surface area contributed by atoms with Gasteiger partial charge in [0.15, 0.2) is 0 Å². The van der Waals surface area contributed by atoms with Gasteiger partial charge in [-0.15, -0.1) is 0 Å². The van der Waals surface area contributed by atoms with Crippen molar-refractivity contribution in [2.75, 3.05) is 0 Å². The normalized spacial score (nSPS) is 8.92. The average Bonchev–Trinajstić information content (AvgIpc) is 1.86. The monoisotopic (exact) mass is 174 g/mol. The van der Waals surface area contributed by atoms with Crippen LogP contribution in [-0.4, -0.2) is 23.1 Å². The molecule has 0 amide bonds. The van der Waals surface area contributed by atoms with E-state index in [-0.39, 0.29) is 12.4 Å². The minimum absolute atomic E-state index is 0.250. The van der Waals surface area contributed by atoms with E-state index in [0.717, 1.165) is 6.08 Å². The molecule has 0 aromatic rings. The number of esters is 1. The maximum Gasteiger partial charge on any atom is 0.330 e. The maximum absolute atomic E-state index is 10.5. The van der Waals surface area contributed by atoms with Crippen LogP contribution in [0.15, 0.2) is 12.7 Å². The number of carbonyl (C=O) groups excluding carboxylic acids is 1. The van der Waals surface area contributed by atoms with Crippen LogP contribution in [0.2, 0.25) is 0 Å². The molecule has 12 heavy (non-hydrogen) atoms. The highest BCUT2D eigenvalue weighted by Gasteiger charge is 2.12. The molecule has 0 heterocycles. The van der Waals surface area contributed by atoms with Crippen molar-refractivity contribution in [1.29, 1.82) is 0 Å². The van der Waals surface area contributed by atoms with Gasteiger partial charge in [-0.05, 0) is 20.8 Å². The van der Waals surface area contributed by atoms with Gasteiger partial charge >= 0.3 is 5.97 Å². The first kappa shape index (κ1) is 13.3. The molecule has 0 bridgehead atoms. The maximum atomic E-state index is 10.5. The average molecular weight is 174 g/mol. The number of ether oxygens (including phenoxy) is 1. The van der Waals surface area contributed by atoms with Crippen LogP contribution in [0.25, 0.3) is 0 Å². The Labute approximate surface area is 71.8 Å². The quantitative estimate of drug-likeness (QED) is 0.368. The summed E-state index contributed by atoms with van der Waals surface area (Å²) in [5.41, 5.74) is -0.398. The minimum Gasteiger partial charge on any atom is -0.483 e. The second-order valence-electron chi connectivity index (χ2n) is 2.84. The van der Waals surface area contributed by atoms with E-state index in [4.69, 9.17) is 14.6 Å². The zero-order chi connectivity index (χ0) is 10.2. The third-order valence-electron chi connectivity index (χ3n) is 0.573. The fraction of sp³-hybridized carbons (Fsp3) is 0.500. The lowest BCUT2D eigenvalue weighted by molar-refractivity contribution is -0.148. The van der Waals surface area contributed by atoms with Crippen LogP contribution in [0.4, 0.5) is 0 Å². The molecule has 0 aliphatic carbocycles. The van der Waals surface area contributed by atoms with E-state index in [0.29, 0.717) is 0 Å². The van der Waals surface area contributed by atoms with E-state index >= 15 is 0 Å². The molecule has 0 radical (unpaired) electrons. The lowest BCUT2D eigenvalue weighted by atomic mass is 10.2. The molecule has 4 nitrogen and oxygen atoms in total. The highest BCUT2D eigenvalue weighted by atomic mass is 16.6. The molecule has 0 aromatic heterocycles. The molecule has 0 unspecified atom stereocenters. The second kappa shape index (κ2) is 6.39. The van der Waals surface area contributed by atoms with Gasteiger partial charge in [-0.3, -0.25) is 4.79 Å². The fourth-order valence-corrected chi connectivity index (χ4v) is 0.343. The second-order valence-corrected chi connectivity index (χ2v) is 2.84. The molecule has 4 heteroatoms. The molecule has 0 aliphatic heterocycles. The summed E-state index contributed by atoms with van der Waals surface area (Å²) in [6, 6.07) is 0. The molecule has 0 fully saturated rings. The lowest BCUT2D eigenvalue weighted by Gasteiger charge is -2.17. The van der Waals surface area contributed by atoms with Gasteiger partial charge in [0, 0.05) is 6.08 Å².